The third kappa shape index (κ3) is 4.17. The molecule has 0 bridgehead atoms. The highest BCUT2D eigenvalue weighted by Gasteiger charge is 2.25. The Hall–Kier alpha value is -3.52. The summed E-state index contributed by atoms with van der Waals surface area (Å²) in [7, 11) is -4.05. The molecule has 3 rings (SSSR count). The molecular formula is C21H18N2O5S. The fourth-order valence-electron chi connectivity index (χ4n) is 2.82. The van der Waals surface area contributed by atoms with Gasteiger partial charge in [-0.2, -0.15) is 0 Å². The summed E-state index contributed by atoms with van der Waals surface area (Å²) in [5.41, 5.74) is 2.17. The summed E-state index contributed by atoms with van der Waals surface area (Å²) in [6.45, 7) is 3.73. The Balaban J connectivity index is 2.00. The first-order chi connectivity index (χ1) is 13.7. The number of carbonyl (C=O) groups is 1. The number of non-ortho nitro benzene ring substituents is 1. The number of benzene rings is 3. The van der Waals surface area contributed by atoms with Gasteiger partial charge in [-0.05, 0) is 55.3 Å². The number of sulfone groups is 1. The highest BCUT2D eigenvalue weighted by atomic mass is 32.2. The molecule has 7 nitrogen and oxygen atoms in total. The summed E-state index contributed by atoms with van der Waals surface area (Å²) < 4.78 is 26.1. The number of nitro benzene ring substituents is 1. The van der Waals surface area contributed by atoms with Crippen molar-refractivity contribution in [1.29, 1.82) is 0 Å². The monoisotopic (exact) mass is 410 g/mol. The molecule has 0 spiro atoms. The number of hydrogen-bond acceptors (Lipinski definition) is 5. The quantitative estimate of drug-likeness (QED) is 0.499. The minimum Gasteiger partial charge on any atom is -0.322 e. The molecule has 1 N–H and O–H groups in total. The van der Waals surface area contributed by atoms with E-state index in [9.17, 15) is 23.3 Å². The molecule has 0 aliphatic heterocycles. The number of amides is 1. The molecular weight excluding hydrogens is 392 g/mol. The van der Waals surface area contributed by atoms with Crippen molar-refractivity contribution >= 4 is 27.1 Å². The van der Waals surface area contributed by atoms with E-state index < -0.39 is 20.7 Å². The molecule has 0 saturated carbocycles. The van der Waals surface area contributed by atoms with Crippen molar-refractivity contribution in [2.75, 3.05) is 5.32 Å². The number of aryl methyl sites for hydroxylation is 2. The number of anilines is 1. The van der Waals surface area contributed by atoms with Crippen LogP contribution in [0.5, 0.6) is 0 Å². The molecule has 0 aliphatic rings. The number of rotatable bonds is 5. The van der Waals surface area contributed by atoms with Crippen LogP contribution in [0.2, 0.25) is 0 Å². The van der Waals surface area contributed by atoms with Crippen LogP contribution in [0.4, 0.5) is 11.4 Å². The summed E-state index contributed by atoms with van der Waals surface area (Å²) >= 11 is 0. The Morgan fingerprint density at radius 1 is 0.966 bits per heavy atom. The van der Waals surface area contributed by atoms with Crippen molar-refractivity contribution in [3.63, 3.8) is 0 Å². The molecule has 0 unspecified atom stereocenters. The van der Waals surface area contributed by atoms with Crippen LogP contribution in [-0.4, -0.2) is 19.2 Å². The maximum absolute atomic E-state index is 13.1. The minimum atomic E-state index is -4.05. The van der Waals surface area contributed by atoms with Gasteiger partial charge in [0.2, 0.25) is 9.84 Å². The first-order valence-corrected chi connectivity index (χ1v) is 10.2. The van der Waals surface area contributed by atoms with E-state index >= 15 is 0 Å². The standard InChI is InChI=1S/C21H18N2O5S/c1-14-7-8-15(2)19(13-14)22-21(24)18-5-3-4-6-20(18)29(27,28)17-11-9-16(10-12-17)23(25)26/h3-13H,1-2H3,(H,22,24). The van der Waals surface area contributed by atoms with E-state index in [1.165, 1.54) is 18.2 Å². The lowest BCUT2D eigenvalue weighted by molar-refractivity contribution is -0.384. The molecule has 0 atom stereocenters. The van der Waals surface area contributed by atoms with Crippen molar-refractivity contribution in [2.24, 2.45) is 0 Å². The third-order valence-electron chi connectivity index (χ3n) is 4.42. The van der Waals surface area contributed by atoms with Gasteiger partial charge in [0.1, 0.15) is 0 Å². The number of nitrogens with one attached hydrogen (secondary N) is 1. The van der Waals surface area contributed by atoms with Gasteiger partial charge >= 0.3 is 0 Å². The highest BCUT2D eigenvalue weighted by Crippen LogP contribution is 2.27. The van der Waals surface area contributed by atoms with Crippen LogP contribution in [0.15, 0.2) is 76.5 Å². The Morgan fingerprint density at radius 2 is 1.62 bits per heavy atom. The molecule has 148 valence electrons. The summed E-state index contributed by atoms with van der Waals surface area (Å²) in [6, 6.07) is 16.0. The van der Waals surface area contributed by atoms with Crippen LogP contribution in [0.3, 0.4) is 0 Å². The van der Waals surface area contributed by atoms with Crippen LogP contribution >= 0.6 is 0 Å². The third-order valence-corrected chi connectivity index (χ3v) is 6.25. The first kappa shape index (κ1) is 20.2. The lowest BCUT2D eigenvalue weighted by Gasteiger charge is -2.13. The summed E-state index contributed by atoms with van der Waals surface area (Å²) in [4.78, 5) is 22.8. The zero-order valence-corrected chi connectivity index (χ0v) is 16.6. The van der Waals surface area contributed by atoms with E-state index in [1.54, 1.807) is 12.1 Å². The largest absolute Gasteiger partial charge is 0.322 e. The van der Waals surface area contributed by atoms with Gasteiger partial charge in [-0.25, -0.2) is 8.42 Å². The topological polar surface area (TPSA) is 106 Å². The Bertz CT molecular complexity index is 1200. The Labute approximate surface area is 168 Å². The van der Waals surface area contributed by atoms with E-state index in [0.717, 1.165) is 35.4 Å². The number of carbonyl (C=O) groups excluding carboxylic acids is 1. The average Bonchev–Trinajstić information content (AvgIpc) is 2.70. The van der Waals surface area contributed by atoms with Gasteiger partial charge in [0.25, 0.3) is 11.6 Å². The molecule has 29 heavy (non-hydrogen) atoms. The zero-order chi connectivity index (χ0) is 21.2. The number of hydrogen-bond donors (Lipinski definition) is 1. The summed E-state index contributed by atoms with van der Waals surface area (Å²) in [5.74, 6) is -0.556. The molecule has 0 saturated heterocycles. The molecule has 0 aliphatic carbocycles. The van der Waals surface area contributed by atoms with Gasteiger partial charge in [-0.3, -0.25) is 14.9 Å². The van der Waals surface area contributed by atoms with Gasteiger partial charge in [-0.1, -0.05) is 24.3 Å². The zero-order valence-electron chi connectivity index (χ0n) is 15.7. The molecule has 0 heterocycles. The average molecular weight is 410 g/mol. The second kappa shape index (κ2) is 7.84. The van der Waals surface area contributed by atoms with Gasteiger partial charge in [-0.15, -0.1) is 0 Å². The van der Waals surface area contributed by atoms with E-state index in [4.69, 9.17) is 0 Å². The lowest BCUT2D eigenvalue weighted by Crippen LogP contribution is -2.17. The van der Waals surface area contributed by atoms with Gasteiger partial charge in [0.15, 0.2) is 0 Å². The fourth-order valence-corrected chi connectivity index (χ4v) is 4.28. The molecule has 3 aromatic rings. The molecule has 0 aromatic heterocycles. The van der Waals surface area contributed by atoms with Crippen molar-refractivity contribution in [3.05, 3.63) is 93.5 Å². The second-order valence-corrected chi connectivity index (χ2v) is 8.44. The van der Waals surface area contributed by atoms with Crippen molar-refractivity contribution < 1.29 is 18.1 Å². The number of nitrogens with zero attached hydrogens (tertiary/aromatic N) is 1. The van der Waals surface area contributed by atoms with E-state index in [1.807, 2.05) is 26.0 Å². The van der Waals surface area contributed by atoms with Crippen LogP contribution < -0.4 is 5.32 Å². The van der Waals surface area contributed by atoms with Crippen LogP contribution in [0, 0.1) is 24.0 Å². The first-order valence-electron chi connectivity index (χ1n) is 8.67. The predicted octanol–water partition coefficient (Wildman–Crippen LogP) is 4.30. The molecule has 0 radical (unpaired) electrons. The lowest BCUT2D eigenvalue weighted by atomic mass is 10.1. The van der Waals surface area contributed by atoms with Gasteiger partial charge in [0.05, 0.1) is 20.3 Å². The van der Waals surface area contributed by atoms with Crippen LogP contribution in [0.1, 0.15) is 21.5 Å². The molecule has 0 fully saturated rings. The molecule has 8 heteroatoms. The maximum Gasteiger partial charge on any atom is 0.269 e. The normalized spacial score (nSPS) is 11.1. The highest BCUT2D eigenvalue weighted by molar-refractivity contribution is 7.91. The molecule has 1 amide bonds. The second-order valence-electron chi connectivity index (χ2n) is 6.52. The van der Waals surface area contributed by atoms with Crippen LogP contribution in [-0.2, 0) is 9.84 Å². The van der Waals surface area contributed by atoms with E-state index in [2.05, 4.69) is 5.32 Å². The fraction of sp³-hybridized carbons (Fsp3) is 0.0952. The smallest absolute Gasteiger partial charge is 0.269 e. The Kier molecular flexibility index (Phi) is 5.47. The van der Waals surface area contributed by atoms with E-state index in [-0.39, 0.29) is 21.0 Å². The predicted molar refractivity (Wildman–Crippen MR) is 109 cm³/mol. The van der Waals surface area contributed by atoms with Gasteiger partial charge in [0, 0.05) is 17.8 Å². The van der Waals surface area contributed by atoms with E-state index in [0.29, 0.717) is 5.69 Å². The maximum atomic E-state index is 13.1. The Morgan fingerprint density at radius 3 is 2.28 bits per heavy atom. The summed E-state index contributed by atoms with van der Waals surface area (Å²) in [6.07, 6.45) is 0. The van der Waals surface area contributed by atoms with Gasteiger partial charge < -0.3 is 5.32 Å². The number of nitro groups is 1. The van der Waals surface area contributed by atoms with Crippen molar-refractivity contribution in [1.82, 2.24) is 0 Å². The van der Waals surface area contributed by atoms with Crippen LogP contribution in [0.25, 0.3) is 0 Å². The molecule has 3 aromatic carbocycles. The SMILES string of the molecule is Cc1ccc(C)c(NC(=O)c2ccccc2S(=O)(=O)c2ccc([N+](=O)[O-])cc2)c1. The van der Waals surface area contributed by atoms with Crippen molar-refractivity contribution in [2.45, 2.75) is 23.6 Å². The minimum absolute atomic E-state index is 0.00763. The van der Waals surface area contributed by atoms with Crippen molar-refractivity contribution in [3.8, 4) is 0 Å². The summed E-state index contributed by atoms with van der Waals surface area (Å²) in [5, 5.41) is 13.6.